The molecule has 0 spiro atoms. The van der Waals surface area contributed by atoms with Crippen LogP contribution < -0.4 is 9.47 Å². The molecule has 0 saturated carbocycles. The molecular formula is C18H17N3O2. The molecule has 1 heterocycles. The minimum Gasteiger partial charge on any atom is -0.454 e. The number of rotatable bonds is 3. The fourth-order valence-corrected chi connectivity index (χ4v) is 3.60. The minimum atomic E-state index is -0.102. The zero-order valence-corrected chi connectivity index (χ0v) is 12.7. The van der Waals surface area contributed by atoms with Crippen molar-refractivity contribution in [1.82, 2.24) is 0 Å². The number of ether oxygens (including phenoxy) is 2. The van der Waals surface area contributed by atoms with Crippen LogP contribution >= 0.6 is 0 Å². The minimum absolute atomic E-state index is 0.102. The second kappa shape index (κ2) is 5.86. The summed E-state index contributed by atoms with van der Waals surface area (Å²) in [4.78, 5) is 3.09. The second-order valence-corrected chi connectivity index (χ2v) is 6.04. The van der Waals surface area contributed by atoms with Gasteiger partial charge < -0.3 is 9.47 Å². The third-order valence-electron chi connectivity index (χ3n) is 4.72. The van der Waals surface area contributed by atoms with Crippen LogP contribution in [0.25, 0.3) is 10.4 Å². The quantitative estimate of drug-likeness (QED) is 0.473. The largest absolute Gasteiger partial charge is 0.454 e. The number of hydrogen-bond donors (Lipinski definition) is 0. The van der Waals surface area contributed by atoms with Crippen molar-refractivity contribution in [2.75, 3.05) is 6.79 Å². The average molecular weight is 307 g/mol. The molecule has 0 bridgehead atoms. The van der Waals surface area contributed by atoms with Crippen molar-refractivity contribution in [2.24, 2.45) is 11.0 Å². The molecule has 5 heteroatoms. The summed E-state index contributed by atoms with van der Waals surface area (Å²) in [6.07, 6.45) is 2.92. The SMILES string of the molecule is [N-]=[N+]=NC1c2ccccc2CCC1Cc1ccc2c(c1)OCO2. The molecule has 2 aromatic carbocycles. The zero-order chi connectivity index (χ0) is 15.6. The molecule has 0 aromatic heterocycles. The maximum absolute atomic E-state index is 8.98. The van der Waals surface area contributed by atoms with Crippen LogP contribution in [0, 0.1) is 5.92 Å². The van der Waals surface area contributed by atoms with Gasteiger partial charge in [0.25, 0.3) is 0 Å². The molecule has 2 aromatic rings. The van der Waals surface area contributed by atoms with Crippen LogP contribution in [0.1, 0.15) is 29.2 Å². The van der Waals surface area contributed by atoms with E-state index < -0.39 is 0 Å². The van der Waals surface area contributed by atoms with Crippen molar-refractivity contribution in [3.8, 4) is 11.5 Å². The molecule has 5 nitrogen and oxygen atoms in total. The molecular weight excluding hydrogens is 290 g/mol. The van der Waals surface area contributed by atoms with E-state index in [9.17, 15) is 0 Å². The van der Waals surface area contributed by atoms with E-state index in [0.29, 0.717) is 5.92 Å². The number of fused-ring (bicyclic) bond motifs is 2. The third-order valence-corrected chi connectivity index (χ3v) is 4.72. The highest BCUT2D eigenvalue weighted by Crippen LogP contribution is 2.40. The number of benzene rings is 2. The Morgan fingerprint density at radius 3 is 2.91 bits per heavy atom. The predicted octanol–water partition coefficient (Wildman–Crippen LogP) is 4.57. The Bertz CT molecular complexity index is 784. The third kappa shape index (κ3) is 2.60. The van der Waals surface area contributed by atoms with Gasteiger partial charge in [-0.2, -0.15) is 0 Å². The van der Waals surface area contributed by atoms with Gasteiger partial charge in [0.15, 0.2) is 11.5 Å². The Kier molecular flexibility index (Phi) is 3.56. The first-order chi connectivity index (χ1) is 11.3. The summed E-state index contributed by atoms with van der Waals surface area (Å²) in [7, 11) is 0. The van der Waals surface area contributed by atoms with Gasteiger partial charge in [-0.3, -0.25) is 0 Å². The van der Waals surface area contributed by atoms with E-state index in [1.807, 2.05) is 24.3 Å². The van der Waals surface area contributed by atoms with Gasteiger partial charge in [0.1, 0.15) is 0 Å². The van der Waals surface area contributed by atoms with Gasteiger partial charge >= 0.3 is 0 Å². The Balaban J connectivity index is 1.62. The van der Waals surface area contributed by atoms with E-state index in [1.165, 1.54) is 16.7 Å². The average Bonchev–Trinajstić information content (AvgIpc) is 3.05. The van der Waals surface area contributed by atoms with E-state index in [0.717, 1.165) is 30.8 Å². The maximum Gasteiger partial charge on any atom is 0.231 e. The zero-order valence-electron chi connectivity index (χ0n) is 12.7. The molecule has 23 heavy (non-hydrogen) atoms. The summed E-state index contributed by atoms with van der Waals surface area (Å²) < 4.78 is 10.8. The van der Waals surface area contributed by atoms with Crippen LogP contribution in [0.3, 0.4) is 0 Å². The van der Waals surface area contributed by atoms with Gasteiger partial charge in [0.2, 0.25) is 6.79 Å². The normalized spacial score (nSPS) is 21.4. The molecule has 2 atom stereocenters. The number of azide groups is 1. The highest BCUT2D eigenvalue weighted by molar-refractivity contribution is 5.45. The molecule has 0 N–H and O–H groups in total. The molecule has 0 fully saturated rings. The van der Waals surface area contributed by atoms with Gasteiger partial charge in [0.05, 0.1) is 6.04 Å². The monoisotopic (exact) mass is 307 g/mol. The van der Waals surface area contributed by atoms with Crippen molar-refractivity contribution in [1.29, 1.82) is 0 Å². The van der Waals surface area contributed by atoms with E-state index in [4.69, 9.17) is 15.0 Å². The lowest BCUT2D eigenvalue weighted by Gasteiger charge is -2.30. The van der Waals surface area contributed by atoms with Crippen molar-refractivity contribution < 1.29 is 9.47 Å². The number of hydrogen-bond acceptors (Lipinski definition) is 3. The summed E-state index contributed by atoms with van der Waals surface area (Å²) in [6.45, 7) is 0.289. The molecule has 2 unspecified atom stereocenters. The topological polar surface area (TPSA) is 67.2 Å². The first kappa shape index (κ1) is 14.0. The van der Waals surface area contributed by atoms with Gasteiger partial charge in [-0.15, -0.1) is 0 Å². The fraction of sp³-hybridized carbons (Fsp3) is 0.333. The Labute approximate surface area is 134 Å². The molecule has 2 aliphatic rings. The lowest BCUT2D eigenvalue weighted by molar-refractivity contribution is 0.174. The van der Waals surface area contributed by atoms with E-state index in [1.54, 1.807) is 0 Å². The fourth-order valence-electron chi connectivity index (χ4n) is 3.60. The van der Waals surface area contributed by atoms with E-state index in [2.05, 4.69) is 28.2 Å². The number of nitrogens with zero attached hydrogens (tertiary/aromatic N) is 3. The maximum atomic E-state index is 8.98. The first-order valence-electron chi connectivity index (χ1n) is 7.85. The standard InChI is InChI=1S/C18H17N3O2/c19-21-20-18-14(7-6-13-3-1-2-4-15(13)18)9-12-5-8-16-17(10-12)23-11-22-16/h1-5,8,10,14,18H,6-7,9,11H2. The van der Waals surface area contributed by atoms with Gasteiger partial charge in [-0.25, -0.2) is 0 Å². The van der Waals surface area contributed by atoms with Gasteiger partial charge in [0, 0.05) is 4.91 Å². The molecule has 1 aliphatic heterocycles. The molecule has 1 aliphatic carbocycles. The summed E-state index contributed by atoms with van der Waals surface area (Å²) in [5, 5.41) is 4.10. The van der Waals surface area contributed by atoms with E-state index >= 15 is 0 Å². The van der Waals surface area contributed by atoms with Crippen LogP contribution in [-0.4, -0.2) is 6.79 Å². The van der Waals surface area contributed by atoms with Crippen molar-refractivity contribution in [3.63, 3.8) is 0 Å². The van der Waals surface area contributed by atoms with E-state index in [-0.39, 0.29) is 12.8 Å². The Morgan fingerprint density at radius 2 is 2.00 bits per heavy atom. The molecule has 0 radical (unpaired) electrons. The molecule has 0 saturated heterocycles. The first-order valence-corrected chi connectivity index (χ1v) is 7.85. The lowest BCUT2D eigenvalue weighted by Crippen LogP contribution is -2.21. The smallest absolute Gasteiger partial charge is 0.231 e. The number of aryl methyl sites for hydroxylation is 1. The lowest BCUT2D eigenvalue weighted by atomic mass is 9.77. The summed E-state index contributed by atoms with van der Waals surface area (Å²) in [5.41, 5.74) is 12.6. The van der Waals surface area contributed by atoms with Gasteiger partial charge in [-0.1, -0.05) is 35.4 Å². The summed E-state index contributed by atoms with van der Waals surface area (Å²) >= 11 is 0. The van der Waals surface area contributed by atoms with Crippen LogP contribution in [0.2, 0.25) is 0 Å². The van der Waals surface area contributed by atoms with Crippen LogP contribution in [0.15, 0.2) is 47.6 Å². The van der Waals surface area contributed by atoms with Crippen LogP contribution in [0.5, 0.6) is 11.5 Å². The Hall–Kier alpha value is -2.65. The van der Waals surface area contributed by atoms with Crippen molar-refractivity contribution in [3.05, 3.63) is 69.6 Å². The predicted molar refractivity (Wildman–Crippen MR) is 86.4 cm³/mol. The van der Waals surface area contributed by atoms with Gasteiger partial charge in [-0.05, 0) is 59.5 Å². The van der Waals surface area contributed by atoms with Crippen molar-refractivity contribution >= 4 is 0 Å². The molecule has 4 rings (SSSR count). The summed E-state index contributed by atoms with van der Waals surface area (Å²) in [6, 6.07) is 14.2. The molecule has 0 amide bonds. The highest BCUT2D eigenvalue weighted by atomic mass is 16.7. The van der Waals surface area contributed by atoms with Crippen molar-refractivity contribution in [2.45, 2.75) is 25.3 Å². The summed E-state index contributed by atoms with van der Waals surface area (Å²) in [5.74, 6) is 1.91. The molecule has 116 valence electrons. The van der Waals surface area contributed by atoms with Crippen LogP contribution in [0.4, 0.5) is 0 Å². The highest BCUT2D eigenvalue weighted by Gasteiger charge is 2.29. The Morgan fingerprint density at radius 1 is 1.13 bits per heavy atom. The van der Waals surface area contributed by atoms with Crippen LogP contribution in [-0.2, 0) is 12.8 Å². The second-order valence-electron chi connectivity index (χ2n) is 6.04.